The van der Waals surface area contributed by atoms with Crippen LogP contribution in [-0.2, 0) is 38.1 Å². The molecule has 1 saturated heterocycles. The third-order valence-corrected chi connectivity index (χ3v) is 4.34. The highest BCUT2D eigenvalue weighted by molar-refractivity contribution is 5.92. The molecule has 32 heavy (non-hydrogen) atoms. The molecule has 5 atom stereocenters. The molecule has 0 aliphatic carbocycles. The standard InChI is InChI=1S/C19H22N2O11/c1-9(22)30-15-13(8-29-14(25)6-12(24)19(27)28)32-18(16(15)31-10(2)23)21-5-3-4-11(7-21)17(20)26/h3-5,7,12-13,15-16,18,24H,6,8H2,1-2H3,(H2-,20,26,27,28)/p+1/t12-,13+,15+,16+,18+/m0/s1. The molecule has 1 aliphatic heterocycles. The van der Waals surface area contributed by atoms with Crippen LogP contribution in [0.1, 0.15) is 36.9 Å². The molecule has 0 saturated carbocycles. The maximum Gasteiger partial charge on any atom is 0.333 e. The Bertz CT molecular complexity index is 903. The van der Waals surface area contributed by atoms with E-state index < -0.39 is 73.5 Å². The Labute approximate surface area is 181 Å². The van der Waals surface area contributed by atoms with E-state index in [1.807, 2.05) is 0 Å². The van der Waals surface area contributed by atoms with E-state index in [2.05, 4.69) is 0 Å². The minimum atomic E-state index is -1.95. The van der Waals surface area contributed by atoms with E-state index in [9.17, 15) is 29.1 Å². The van der Waals surface area contributed by atoms with Crippen molar-refractivity contribution in [2.45, 2.75) is 50.9 Å². The summed E-state index contributed by atoms with van der Waals surface area (Å²) < 4.78 is 22.7. The van der Waals surface area contributed by atoms with Gasteiger partial charge in [0, 0.05) is 19.9 Å². The van der Waals surface area contributed by atoms with Crippen LogP contribution < -0.4 is 10.3 Å². The molecule has 2 rings (SSSR count). The lowest BCUT2D eigenvalue weighted by molar-refractivity contribution is -0.765. The van der Waals surface area contributed by atoms with Gasteiger partial charge in [0.05, 0.1) is 6.42 Å². The second-order valence-corrected chi connectivity index (χ2v) is 6.86. The SMILES string of the molecule is CC(=O)O[C@@H]1[C@H](OC(C)=O)[C@@H](COC(=O)C[C@H](O)C(=O)O)O[C@H]1[n+]1cccc(C(N)=O)c1. The highest BCUT2D eigenvalue weighted by Gasteiger charge is 2.54. The van der Waals surface area contributed by atoms with Crippen LogP contribution in [0.15, 0.2) is 24.5 Å². The molecule has 1 aromatic rings. The maximum atomic E-state index is 11.8. The number of nitrogens with two attached hydrogens (primary N) is 1. The number of ether oxygens (including phenoxy) is 4. The van der Waals surface area contributed by atoms with Crippen molar-refractivity contribution in [1.29, 1.82) is 0 Å². The first-order valence-electron chi connectivity index (χ1n) is 9.36. The van der Waals surface area contributed by atoms with Crippen molar-refractivity contribution in [3.63, 3.8) is 0 Å². The first kappa shape index (κ1) is 24.7. The Kier molecular flexibility index (Phi) is 8.21. The smallest absolute Gasteiger partial charge is 0.333 e. The zero-order valence-electron chi connectivity index (χ0n) is 17.2. The van der Waals surface area contributed by atoms with Crippen molar-refractivity contribution < 1.29 is 57.7 Å². The Morgan fingerprint density at radius 3 is 2.34 bits per heavy atom. The summed E-state index contributed by atoms with van der Waals surface area (Å²) in [6.45, 7) is 1.74. The van der Waals surface area contributed by atoms with Crippen LogP contribution in [0.3, 0.4) is 0 Å². The number of hydrogen-bond acceptors (Lipinski definition) is 10. The molecule has 0 radical (unpaired) electrons. The minimum absolute atomic E-state index is 0.124. The van der Waals surface area contributed by atoms with Crippen molar-refractivity contribution in [2.24, 2.45) is 5.73 Å². The molecule has 1 aromatic heterocycles. The van der Waals surface area contributed by atoms with Crippen molar-refractivity contribution in [3.8, 4) is 0 Å². The molecule has 4 N–H and O–H groups in total. The van der Waals surface area contributed by atoms with Crippen molar-refractivity contribution in [2.75, 3.05) is 6.61 Å². The average Bonchev–Trinajstić information content (AvgIpc) is 3.02. The summed E-state index contributed by atoms with van der Waals surface area (Å²) in [6, 6.07) is 2.95. The number of carbonyl (C=O) groups excluding carboxylic acids is 4. The number of carboxylic acids is 1. The number of amides is 1. The van der Waals surface area contributed by atoms with Gasteiger partial charge in [-0.1, -0.05) is 0 Å². The lowest BCUT2D eigenvalue weighted by atomic mass is 10.1. The number of aliphatic hydroxyl groups is 1. The molecule has 0 spiro atoms. The molecule has 2 heterocycles. The Morgan fingerprint density at radius 1 is 1.16 bits per heavy atom. The minimum Gasteiger partial charge on any atom is -0.479 e. The van der Waals surface area contributed by atoms with Crippen molar-refractivity contribution >= 4 is 29.8 Å². The first-order valence-corrected chi connectivity index (χ1v) is 9.36. The predicted molar refractivity (Wildman–Crippen MR) is 99.4 cm³/mol. The van der Waals surface area contributed by atoms with Crippen molar-refractivity contribution in [1.82, 2.24) is 0 Å². The number of pyridine rings is 1. The number of esters is 3. The summed E-state index contributed by atoms with van der Waals surface area (Å²) in [6.07, 6.45) is -4.53. The normalized spacial score (nSPS) is 23.1. The summed E-state index contributed by atoms with van der Waals surface area (Å²) in [4.78, 5) is 57.3. The Balaban J connectivity index is 2.28. The molecule has 0 unspecified atom stereocenters. The third kappa shape index (κ3) is 6.46. The molecular weight excluding hydrogens is 432 g/mol. The number of aromatic nitrogens is 1. The van der Waals surface area contributed by atoms with Gasteiger partial charge < -0.3 is 34.9 Å². The van der Waals surface area contributed by atoms with E-state index in [1.54, 1.807) is 0 Å². The second-order valence-electron chi connectivity index (χ2n) is 6.86. The zero-order valence-corrected chi connectivity index (χ0v) is 17.2. The van der Waals surface area contributed by atoms with Crippen LogP contribution in [0.5, 0.6) is 0 Å². The highest BCUT2D eigenvalue weighted by atomic mass is 16.7. The third-order valence-electron chi connectivity index (χ3n) is 4.34. The summed E-state index contributed by atoms with van der Waals surface area (Å²) in [5.74, 6) is -4.81. The predicted octanol–water partition coefficient (Wildman–Crippen LogP) is -1.79. The largest absolute Gasteiger partial charge is 0.479 e. The molecule has 13 heteroatoms. The first-order chi connectivity index (χ1) is 15.0. The number of carbonyl (C=O) groups is 5. The van der Waals surface area contributed by atoms with Gasteiger partial charge in [-0.3, -0.25) is 19.2 Å². The maximum absolute atomic E-state index is 11.8. The fraction of sp³-hybridized carbons (Fsp3) is 0.474. The lowest BCUT2D eigenvalue weighted by Crippen LogP contribution is -2.48. The van der Waals surface area contributed by atoms with Crippen LogP contribution >= 0.6 is 0 Å². The van der Waals surface area contributed by atoms with Crippen LogP contribution in [0.2, 0.25) is 0 Å². The van der Waals surface area contributed by atoms with Gasteiger partial charge in [0.15, 0.2) is 24.6 Å². The van der Waals surface area contributed by atoms with Gasteiger partial charge in [0.25, 0.3) is 5.91 Å². The van der Waals surface area contributed by atoms with Gasteiger partial charge in [-0.15, -0.1) is 0 Å². The number of aliphatic hydroxyl groups excluding tert-OH is 1. The van der Waals surface area contributed by atoms with E-state index >= 15 is 0 Å². The summed E-state index contributed by atoms with van der Waals surface area (Å²) in [7, 11) is 0. The lowest BCUT2D eigenvalue weighted by Gasteiger charge is -2.21. The Morgan fingerprint density at radius 2 is 1.78 bits per heavy atom. The van der Waals surface area contributed by atoms with E-state index in [-0.39, 0.29) is 5.56 Å². The molecule has 174 valence electrons. The van der Waals surface area contributed by atoms with E-state index in [1.165, 1.54) is 29.1 Å². The van der Waals surface area contributed by atoms with Gasteiger partial charge in [-0.2, -0.15) is 4.57 Å². The van der Waals surface area contributed by atoms with Gasteiger partial charge in [0.2, 0.25) is 6.10 Å². The number of hydrogen-bond donors (Lipinski definition) is 3. The molecular formula is C19H23N2O11+. The molecule has 0 aromatic carbocycles. The van der Waals surface area contributed by atoms with Gasteiger partial charge in [0.1, 0.15) is 18.3 Å². The summed E-state index contributed by atoms with van der Waals surface area (Å²) >= 11 is 0. The monoisotopic (exact) mass is 455 g/mol. The van der Waals surface area contributed by atoms with Gasteiger partial charge in [-0.05, 0) is 6.07 Å². The second kappa shape index (κ2) is 10.6. The number of carboxylic acid groups (broad SMARTS) is 1. The van der Waals surface area contributed by atoms with E-state index in [4.69, 9.17) is 29.8 Å². The van der Waals surface area contributed by atoms with Crippen LogP contribution in [0, 0.1) is 0 Å². The summed E-state index contributed by atoms with van der Waals surface area (Å²) in [5, 5.41) is 17.9. The average molecular weight is 455 g/mol. The number of rotatable bonds is 9. The number of primary amides is 1. The quantitative estimate of drug-likeness (QED) is 0.216. The highest BCUT2D eigenvalue weighted by Crippen LogP contribution is 2.31. The topological polar surface area (TPSA) is 193 Å². The zero-order chi connectivity index (χ0) is 24.0. The molecule has 0 bridgehead atoms. The van der Waals surface area contributed by atoms with E-state index in [0.29, 0.717) is 0 Å². The fourth-order valence-electron chi connectivity index (χ4n) is 3.01. The Hall–Kier alpha value is -3.58. The number of nitrogens with zero attached hydrogens (tertiary/aromatic N) is 1. The molecule has 1 aliphatic rings. The molecule has 1 amide bonds. The van der Waals surface area contributed by atoms with Crippen molar-refractivity contribution in [3.05, 3.63) is 30.1 Å². The van der Waals surface area contributed by atoms with Crippen LogP contribution in [-0.4, -0.2) is 71.0 Å². The fourth-order valence-corrected chi connectivity index (χ4v) is 3.01. The van der Waals surface area contributed by atoms with Crippen LogP contribution in [0.25, 0.3) is 0 Å². The molecule has 1 fully saturated rings. The van der Waals surface area contributed by atoms with Crippen LogP contribution in [0.4, 0.5) is 0 Å². The number of aliphatic carboxylic acids is 1. The molecule has 13 nitrogen and oxygen atoms in total. The van der Waals surface area contributed by atoms with Gasteiger partial charge >= 0.3 is 30.1 Å². The summed E-state index contributed by atoms with van der Waals surface area (Å²) in [5.41, 5.74) is 5.42. The van der Waals surface area contributed by atoms with E-state index in [0.717, 1.165) is 13.8 Å². The van der Waals surface area contributed by atoms with Gasteiger partial charge in [-0.25, -0.2) is 4.79 Å².